The van der Waals surface area contributed by atoms with Crippen LogP contribution in [-0.2, 0) is 6.54 Å². The predicted molar refractivity (Wildman–Crippen MR) is 198 cm³/mol. The lowest BCUT2D eigenvalue weighted by Gasteiger charge is -2.71. The van der Waals surface area contributed by atoms with E-state index in [-0.39, 0.29) is 35.6 Å². The molecule has 2 spiro atoms. The van der Waals surface area contributed by atoms with Crippen LogP contribution in [0.25, 0.3) is 0 Å². The number of ether oxygens (including phenoxy) is 1. The number of ketones is 1. The minimum absolute atomic E-state index is 0.0149. The molecule has 8 unspecified atom stereocenters. The number of nitrogens with one attached hydrogen (secondary N) is 1. The van der Waals surface area contributed by atoms with E-state index >= 15 is 0 Å². The second-order valence-corrected chi connectivity index (χ2v) is 16.5. The van der Waals surface area contributed by atoms with E-state index in [0.717, 1.165) is 43.2 Å². The van der Waals surface area contributed by atoms with Crippen molar-refractivity contribution in [1.29, 1.82) is 0 Å². The van der Waals surface area contributed by atoms with Crippen molar-refractivity contribution in [3.8, 4) is 5.75 Å². The van der Waals surface area contributed by atoms with E-state index in [1.165, 1.54) is 0 Å². The lowest BCUT2D eigenvalue weighted by molar-refractivity contribution is -0.174. The first kappa shape index (κ1) is 33.9. The first-order valence-corrected chi connectivity index (χ1v) is 18.6. The summed E-state index contributed by atoms with van der Waals surface area (Å²) in [6.45, 7) is 5.15. The van der Waals surface area contributed by atoms with Crippen molar-refractivity contribution in [2.75, 3.05) is 19.0 Å². The number of fused-ring (bicyclic) bond motifs is 1. The molecule has 266 valence electrons. The number of hydrogen-bond donors (Lipinski definition) is 3. The number of aliphatic hydroxyl groups excluding tert-OH is 1. The number of allylic oxidation sites excluding steroid dienone is 4. The van der Waals surface area contributed by atoms with E-state index in [2.05, 4.69) is 37.4 Å². The molecule has 3 saturated carbocycles. The van der Waals surface area contributed by atoms with Crippen molar-refractivity contribution in [2.45, 2.75) is 77.0 Å². The van der Waals surface area contributed by atoms with E-state index in [1.54, 1.807) is 12.0 Å². The predicted octanol–water partition coefficient (Wildman–Crippen LogP) is 8.20. The van der Waals surface area contributed by atoms with Crippen LogP contribution in [0.15, 0.2) is 109 Å². The number of carbonyl (C=O) groups is 2. The molecule has 51 heavy (non-hydrogen) atoms. The van der Waals surface area contributed by atoms with Gasteiger partial charge in [0.1, 0.15) is 5.75 Å². The fourth-order valence-electron chi connectivity index (χ4n) is 11.5. The van der Waals surface area contributed by atoms with Gasteiger partial charge in [0.05, 0.1) is 25.4 Å². The summed E-state index contributed by atoms with van der Waals surface area (Å²) in [5.74, 6) is 0.884. The largest absolute Gasteiger partial charge is 0.497 e. The summed E-state index contributed by atoms with van der Waals surface area (Å²) >= 11 is 0. The number of nitrogens with zero attached hydrogens (tertiary/aromatic N) is 1. The minimum Gasteiger partial charge on any atom is -0.497 e. The molecule has 0 heterocycles. The summed E-state index contributed by atoms with van der Waals surface area (Å²) in [5, 5.41) is 27.2. The van der Waals surface area contributed by atoms with E-state index in [0.29, 0.717) is 36.4 Å². The van der Waals surface area contributed by atoms with Crippen LogP contribution in [0.5, 0.6) is 5.75 Å². The summed E-state index contributed by atoms with van der Waals surface area (Å²) in [6, 6.07) is 26.5. The Bertz CT molecular complexity index is 1880. The maximum Gasteiger partial charge on any atom is 0.322 e. The fraction of sp³-hybridized carbons (Fsp3) is 0.455. The first-order chi connectivity index (χ1) is 24.5. The zero-order valence-corrected chi connectivity index (χ0v) is 30.0. The van der Waals surface area contributed by atoms with Gasteiger partial charge in [0.15, 0.2) is 5.78 Å². The second-order valence-electron chi connectivity index (χ2n) is 16.5. The number of urea groups is 1. The van der Waals surface area contributed by atoms with Crippen LogP contribution in [-0.4, -0.2) is 52.3 Å². The molecule has 0 saturated heterocycles. The number of anilines is 1. The van der Waals surface area contributed by atoms with Gasteiger partial charge in [-0.25, -0.2) is 4.79 Å². The van der Waals surface area contributed by atoms with Crippen LogP contribution in [0.4, 0.5) is 10.5 Å². The van der Waals surface area contributed by atoms with E-state index < -0.39 is 27.9 Å². The molecule has 7 heteroatoms. The summed E-state index contributed by atoms with van der Waals surface area (Å²) in [5.41, 5.74) is 0.276. The van der Waals surface area contributed by atoms with Gasteiger partial charge in [0.2, 0.25) is 0 Å². The highest BCUT2D eigenvalue weighted by Crippen LogP contribution is 2.78. The molecular formula is C44H50N2O5. The van der Waals surface area contributed by atoms with Crippen molar-refractivity contribution >= 4 is 17.5 Å². The summed E-state index contributed by atoms with van der Waals surface area (Å²) in [7, 11) is 1.62. The smallest absolute Gasteiger partial charge is 0.322 e. The molecule has 2 amide bonds. The Morgan fingerprint density at radius 2 is 1.49 bits per heavy atom. The van der Waals surface area contributed by atoms with Crippen LogP contribution < -0.4 is 10.1 Å². The van der Waals surface area contributed by atoms with Gasteiger partial charge in [0, 0.05) is 39.6 Å². The van der Waals surface area contributed by atoms with Gasteiger partial charge in [-0.2, -0.15) is 0 Å². The second kappa shape index (κ2) is 12.2. The van der Waals surface area contributed by atoms with Crippen molar-refractivity contribution in [3.05, 3.63) is 120 Å². The summed E-state index contributed by atoms with van der Waals surface area (Å²) in [4.78, 5) is 30.7. The van der Waals surface area contributed by atoms with Crippen molar-refractivity contribution in [2.24, 2.45) is 33.5 Å². The molecule has 3 aromatic rings. The minimum atomic E-state index is -1.18. The molecular weight excluding hydrogens is 636 g/mol. The zero-order chi connectivity index (χ0) is 35.6. The van der Waals surface area contributed by atoms with Crippen LogP contribution in [0.1, 0.15) is 74.7 Å². The fourth-order valence-corrected chi connectivity index (χ4v) is 11.5. The maximum absolute atomic E-state index is 14.9. The molecule has 6 aliphatic rings. The van der Waals surface area contributed by atoms with Gasteiger partial charge in [0.25, 0.3) is 0 Å². The van der Waals surface area contributed by atoms with Gasteiger partial charge in [-0.15, -0.1) is 0 Å². The average Bonchev–Trinajstić information content (AvgIpc) is 3.41. The molecule has 8 atom stereocenters. The standard InChI is InChI=1S/C44H50N2O5/c1-40-21-18-33(47)26-42(40)24-25-44(35(27-42)38(48)31-14-16-34(51-3)17-15-31)36(40)19-22-41(2)37(44)20-23-43(41,50)29-46(28-30-10-6-4-7-11-30)39(49)45-32-12-8-5-9-13-32/h4-17,24-25,27,33,36-37,47,50H,18-23,26,28-29H2,1-3H3,(H,45,49). The van der Waals surface area contributed by atoms with E-state index in [1.807, 2.05) is 84.9 Å². The Kier molecular flexibility index (Phi) is 8.11. The lowest BCUT2D eigenvalue weighted by atomic mass is 9.32. The number of amides is 2. The third-order valence-corrected chi connectivity index (χ3v) is 14.3. The Labute approximate surface area is 301 Å². The average molecular weight is 687 g/mol. The zero-order valence-electron chi connectivity index (χ0n) is 30.0. The number of rotatable bonds is 8. The summed E-state index contributed by atoms with van der Waals surface area (Å²) in [6.07, 6.45) is 11.7. The number of benzene rings is 3. The maximum atomic E-state index is 14.9. The third-order valence-electron chi connectivity index (χ3n) is 14.3. The van der Waals surface area contributed by atoms with Gasteiger partial charge >= 0.3 is 6.03 Å². The molecule has 3 aromatic carbocycles. The number of aliphatic hydroxyl groups is 2. The molecule has 0 aliphatic heterocycles. The Morgan fingerprint density at radius 3 is 2.20 bits per heavy atom. The van der Waals surface area contributed by atoms with Crippen LogP contribution >= 0.6 is 0 Å². The highest BCUT2D eigenvalue weighted by Gasteiger charge is 2.74. The number of Topliss-reactive ketones (excluding diaryl/α,β-unsaturated/α-hetero) is 1. The van der Waals surface area contributed by atoms with E-state index in [9.17, 15) is 19.8 Å². The lowest BCUT2D eigenvalue weighted by Crippen LogP contribution is -2.67. The monoisotopic (exact) mass is 686 g/mol. The van der Waals surface area contributed by atoms with Crippen molar-refractivity contribution in [1.82, 2.24) is 4.90 Å². The van der Waals surface area contributed by atoms with E-state index in [4.69, 9.17) is 4.74 Å². The Balaban J connectivity index is 1.19. The van der Waals surface area contributed by atoms with Gasteiger partial charge < -0.3 is 25.2 Å². The normalized spacial score (nSPS) is 35.9. The molecule has 3 fully saturated rings. The first-order valence-electron chi connectivity index (χ1n) is 18.6. The number of methoxy groups -OCH3 is 1. The summed E-state index contributed by atoms with van der Waals surface area (Å²) < 4.78 is 5.41. The highest BCUT2D eigenvalue weighted by molar-refractivity contribution is 6.10. The SMILES string of the molecule is COc1ccc(C(=O)C2=CC34C=CC25C(CCC2(C)C5CCC2(O)CN(Cc2ccccc2)C(=O)Nc2ccccc2)C3(C)CCC(O)C4)cc1. The number of para-hydroxylation sites is 1. The van der Waals surface area contributed by atoms with Crippen LogP contribution in [0.2, 0.25) is 0 Å². The van der Waals surface area contributed by atoms with Gasteiger partial charge in [-0.05, 0) is 104 Å². The molecule has 0 radical (unpaired) electrons. The molecule has 0 aromatic heterocycles. The quantitative estimate of drug-likeness (QED) is 0.164. The topological polar surface area (TPSA) is 99.1 Å². The highest BCUT2D eigenvalue weighted by atomic mass is 16.5. The van der Waals surface area contributed by atoms with Crippen molar-refractivity contribution in [3.63, 3.8) is 0 Å². The number of carbonyl (C=O) groups excluding carboxylic acids is 2. The van der Waals surface area contributed by atoms with Crippen LogP contribution in [0, 0.1) is 33.5 Å². The molecule has 2 bridgehead atoms. The van der Waals surface area contributed by atoms with Gasteiger partial charge in [-0.1, -0.05) is 80.6 Å². The van der Waals surface area contributed by atoms with Crippen molar-refractivity contribution < 1.29 is 24.5 Å². The molecule has 7 nitrogen and oxygen atoms in total. The molecule has 6 aliphatic carbocycles. The van der Waals surface area contributed by atoms with Gasteiger partial charge in [-0.3, -0.25) is 4.79 Å². The third kappa shape index (κ3) is 5.06. The molecule has 3 N–H and O–H groups in total. The van der Waals surface area contributed by atoms with Crippen LogP contribution in [0.3, 0.4) is 0 Å². The Hall–Kier alpha value is -4.20. The Morgan fingerprint density at radius 1 is 0.843 bits per heavy atom. The number of hydrogen-bond acceptors (Lipinski definition) is 5. The molecule has 9 rings (SSSR count).